The summed E-state index contributed by atoms with van der Waals surface area (Å²) in [6.45, 7) is 2.55. The van der Waals surface area contributed by atoms with Gasteiger partial charge in [0, 0.05) is 0 Å². The van der Waals surface area contributed by atoms with Crippen molar-refractivity contribution < 1.29 is 9.13 Å². The van der Waals surface area contributed by atoms with Crippen molar-refractivity contribution in [2.45, 2.75) is 19.8 Å². The predicted molar refractivity (Wildman–Crippen MR) is 84.1 cm³/mol. The molecule has 0 amide bonds. The van der Waals surface area contributed by atoms with E-state index in [-0.39, 0.29) is 5.82 Å². The van der Waals surface area contributed by atoms with Crippen molar-refractivity contribution in [1.82, 2.24) is 0 Å². The lowest BCUT2D eigenvalue weighted by molar-refractivity contribution is 0.413. The zero-order valence-electron chi connectivity index (χ0n) is 12.6. The number of hydrogen-bond acceptors (Lipinski definition) is 2. The highest BCUT2D eigenvalue weighted by Crippen LogP contribution is 2.20. The summed E-state index contributed by atoms with van der Waals surface area (Å²) in [6, 6.07) is 13.0. The van der Waals surface area contributed by atoms with E-state index in [9.17, 15) is 4.39 Å². The van der Waals surface area contributed by atoms with Crippen LogP contribution in [-0.2, 0) is 12.8 Å². The molecule has 2 nitrogen and oxygen atoms in total. The molecule has 0 fully saturated rings. The van der Waals surface area contributed by atoms with Gasteiger partial charge < -0.3 is 10.5 Å². The molecule has 0 saturated heterocycles. The van der Waals surface area contributed by atoms with Crippen molar-refractivity contribution in [2.24, 2.45) is 11.7 Å². The van der Waals surface area contributed by atoms with E-state index in [2.05, 4.69) is 6.07 Å². The molecule has 1 atom stereocenters. The highest BCUT2D eigenvalue weighted by atomic mass is 19.1. The molecule has 0 spiro atoms. The van der Waals surface area contributed by atoms with Gasteiger partial charge in [0.2, 0.25) is 0 Å². The van der Waals surface area contributed by atoms with E-state index in [1.165, 1.54) is 11.6 Å². The minimum Gasteiger partial charge on any atom is -0.497 e. The molecule has 2 aromatic carbocycles. The Labute approximate surface area is 125 Å². The summed E-state index contributed by atoms with van der Waals surface area (Å²) in [7, 11) is 1.67. The summed E-state index contributed by atoms with van der Waals surface area (Å²) in [6.07, 6.45) is 1.75. The normalized spacial score (nSPS) is 12.2. The molecule has 112 valence electrons. The molecular weight excluding hydrogens is 265 g/mol. The van der Waals surface area contributed by atoms with Crippen molar-refractivity contribution >= 4 is 0 Å². The Hall–Kier alpha value is -1.87. The van der Waals surface area contributed by atoms with Gasteiger partial charge in [0.25, 0.3) is 0 Å². The van der Waals surface area contributed by atoms with Crippen LogP contribution in [0.4, 0.5) is 4.39 Å². The van der Waals surface area contributed by atoms with Crippen LogP contribution in [0, 0.1) is 18.7 Å². The number of methoxy groups -OCH3 is 1. The fraction of sp³-hybridized carbons (Fsp3) is 0.333. The van der Waals surface area contributed by atoms with Gasteiger partial charge in [-0.25, -0.2) is 4.39 Å². The second kappa shape index (κ2) is 7.23. The quantitative estimate of drug-likeness (QED) is 0.882. The maximum Gasteiger partial charge on any atom is 0.123 e. The first-order valence-electron chi connectivity index (χ1n) is 7.20. The smallest absolute Gasteiger partial charge is 0.123 e. The highest BCUT2D eigenvalue weighted by Gasteiger charge is 2.11. The molecule has 0 heterocycles. The van der Waals surface area contributed by atoms with Crippen molar-refractivity contribution in [3.63, 3.8) is 0 Å². The SMILES string of the molecule is COc1cccc(CC(CN)Cc2ccc(F)cc2C)c1. The van der Waals surface area contributed by atoms with Crippen LogP contribution in [0.25, 0.3) is 0 Å². The average Bonchev–Trinajstić information content (AvgIpc) is 2.49. The minimum absolute atomic E-state index is 0.187. The topological polar surface area (TPSA) is 35.2 Å². The van der Waals surface area contributed by atoms with E-state index >= 15 is 0 Å². The molecule has 0 bridgehead atoms. The number of ether oxygens (including phenoxy) is 1. The molecule has 0 aliphatic heterocycles. The Morgan fingerprint density at radius 1 is 1.14 bits per heavy atom. The van der Waals surface area contributed by atoms with Gasteiger partial charge in [-0.2, -0.15) is 0 Å². The second-order valence-corrected chi connectivity index (χ2v) is 5.43. The Morgan fingerprint density at radius 2 is 1.95 bits per heavy atom. The monoisotopic (exact) mass is 287 g/mol. The maximum atomic E-state index is 13.2. The van der Waals surface area contributed by atoms with Crippen LogP contribution >= 0.6 is 0 Å². The minimum atomic E-state index is -0.187. The Morgan fingerprint density at radius 3 is 2.62 bits per heavy atom. The van der Waals surface area contributed by atoms with Crippen molar-refractivity contribution in [3.05, 3.63) is 65.0 Å². The molecule has 2 N–H and O–H groups in total. The second-order valence-electron chi connectivity index (χ2n) is 5.43. The molecule has 3 heteroatoms. The van der Waals surface area contributed by atoms with Gasteiger partial charge in [-0.3, -0.25) is 0 Å². The van der Waals surface area contributed by atoms with Crippen LogP contribution in [0.2, 0.25) is 0 Å². The molecule has 0 aliphatic rings. The van der Waals surface area contributed by atoms with E-state index in [0.29, 0.717) is 12.5 Å². The van der Waals surface area contributed by atoms with Crippen LogP contribution in [0.15, 0.2) is 42.5 Å². The highest BCUT2D eigenvalue weighted by molar-refractivity contribution is 5.30. The van der Waals surface area contributed by atoms with E-state index in [4.69, 9.17) is 10.5 Å². The summed E-state index contributed by atoms with van der Waals surface area (Å²) in [5, 5.41) is 0. The Bertz CT molecular complexity index is 598. The molecular formula is C18H22FNO. The van der Waals surface area contributed by atoms with Gasteiger partial charge >= 0.3 is 0 Å². The molecule has 0 aliphatic carbocycles. The molecule has 2 rings (SSSR count). The van der Waals surface area contributed by atoms with Crippen LogP contribution < -0.4 is 10.5 Å². The number of nitrogens with two attached hydrogens (primary N) is 1. The van der Waals surface area contributed by atoms with Gasteiger partial charge in [-0.1, -0.05) is 18.2 Å². The van der Waals surface area contributed by atoms with Gasteiger partial charge in [0.15, 0.2) is 0 Å². The first-order valence-corrected chi connectivity index (χ1v) is 7.20. The first kappa shape index (κ1) is 15.5. The molecule has 0 saturated carbocycles. The van der Waals surface area contributed by atoms with E-state index < -0.39 is 0 Å². The zero-order chi connectivity index (χ0) is 15.2. The molecule has 21 heavy (non-hydrogen) atoms. The van der Waals surface area contributed by atoms with E-state index in [1.807, 2.05) is 31.2 Å². The lowest BCUT2D eigenvalue weighted by Crippen LogP contribution is -2.19. The van der Waals surface area contributed by atoms with Gasteiger partial charge in [-0.05, 0) is 73.2 Å². The number of hydrogen-bond donors (Lipinski definition) is 1. The largest absolute Gasteiger partial charge is 0.497 e. The van der Waals surface area contributed by atoms with E-state index in [1.54, 1.807) is 13.2 Å². The van der Waals surface area contributed by atoms with Gasteiger partial charge in [-0.15, -0.1) is 0 Å². The van der Waals surface area contributed by atoms with Crippen molar-refractivity contribution in [2.75, 3.05) is 13.7 Å². The number of benzene rings is 2. The average molecular weight is 287 g/mol. The summed E-state index contributed by atoms with van der Waals surface area (Å²) in [5.41, 5.74) is 9.27. The van der Waals surface area contributed by atoms with Crippen LogP contribution in [0.5, 0.6) is 5.75 Å². The van der Waals surface area contributed by atoms with Crippen LogP contribution in [0.3, 0.4) is 0 Å². The number of aryl methyl sites for hydroxylation is 1. The summed E-state index contributed by atoms with van der Waals surface area (Å²) >= 11 is 0. The summed E-state index contributed by atoms with van der Waals surface area (Å²) in [4.78, 5) is 0. The lowest BCUT2D eigenvalue weighted by Gasteiger charge is -2.17. The molecule has 0 aromatic heterocycles. The Balaban J connectivity index is 2.09. The number of halogens is 1. The van der Waals surface area contributed by atoms with Gasteiger partial charge in [0.05, 0.1) is 7.11 Å². The summed E-state index contributed by atoms with van der Waals surface area (Å²) < 4.78 is 18.4. The Kier molecular flexibility index (Phi) is 5.34. The maximum absolute atomic E-state index is 13.2. The predicted octanol–water partition coefficient (Wildman–Crippen LogP) is 3.50. The number of rotatable bonds is 6. The fourth-order valence-corrected chi connectivity index (χ4v) is 2.57. The van der Waals surface area contributed by atoms with Crippen molar-refractivity contribution in [1.29, 1.82) is 0 Å². The third kappa shape index (κ3) is 4.30. The summed E-state index contributed by atoms with van der Waals surface area (Å²) in [5.74, 6) is 1.01. The third-order valence-electron chi connectivity index (χ3n) is 3.81. The molecule has 1 unspecified atom stereocenters. The fourth-order valence-electron chi connectivity index (χ4n) is 2.57. The molecule has 2 aromatic rings. The third-order valence-corrected chi connectivity index (χ3v) is 3.81. The zero-order valence-corrected chi connectivity index (χ0v) is 12.6. The van der Waals surface area contributed by atoms with Crippen molar-refractivity contribution in [3.8, 4) is 5.75 Å². The lowest BCUT2D eigenvalue weighted by atomic mass is 9.91. The van der Waals surface area contributed by atoms with Gasteiger partial charge in [0.1, 0.15) is 11.6 Å². The standard InChI is InChI=1S/C18H22FNO/c1-13-8-17(19)7-6-16(13)10-15(12-20)9-14-4-3-5-18(11-14)21-2/h3-8,11,15H,9-10,12,20H2,1-2H3. The van der Waals surface area contributed by atoms with Crippen LogP contribution in [-0.4, -0.2) is 13.7 Å². The van der Waals surface area contributed by atoms with Crippen LogP contribution in [0.1, 0.15) is 16.7 Å². The first-order chi connectivity index (χ1) is 10.1. The van der Waals surface area contributed by atoms with E-state index in [0.717, 1.165) is 29.7 Å². The molecule has 0 radical (unpaired) electrons.